The Kier molecular flexibility index (Phi) is 3.72. The van der Waals surface area contributed by atoms with E-state index < -0.39 is 0 Å². The van der Waals surface area contributed by atoms with Gasteiger partial charge in [0.05, 0.1) is 12.1 Å². The van der Waals surface area contributed by atoms with Crippen molar-refractivity contribution in [3.05, 3.63) is 47.1 Å². The summed E-state index contributed by atoms with van der Waals surface area (Å²) in [6.07, 6.45) is 3.71. The lowest BCUT2D eigenvalue weighted by Gasteiger charge is -2.04. The number of carbonyl (C=O) groups excluding carboxylic acids is 1. The van der Waals surface area contributed by atoms with Crippen molar-refractivity contribution in [2.75, 3.05) is 0 Å². The van der Waals surface area contributed by atoms with E-state index in [1.54, 1.807) is 12.4 Å². The van der Waals surface area contributed by atoms with E-state index in [-0.39, 0.29) is 5.91 Å². The number of carbonyl (C=O) groups is 1. The highest BCUT2D eigenvalue weighted by Crippen LogP contribution is 2.12. The van der Waals surface area contributed by atoms with Gasteiger partial charge in [-0.05, 0) is 31.5 Å². The largest absolute Gasteiger partial charge is 0.361 e. The number of pyridine rings is 1. The molecule has 5 nitrogen and oxygen atoms in total. The van der Waals surface area contributed by atoms with Gasteiger partial charge in [-0.2, -0.15) is 0 Å². The van der Waals surface area contributed by atoms with Crippen molar-refractivity contribution in [3.8, 4) is 0 Å². The molecule has 0 fully saturated rings. The molecular weight excluding hydrogens is 230 g/mol. The Labute approximate surface area is 105 Å². The van der Waals surface area contributed by atoms with Crippen LogP contribution in [-0.4, -0.2) is 16.0 Å². The van der Waals surface area contributed by atoms with Gasteiger partial charge in [-0.25, -0.2) is 0 Å². The summed E-state index contributed by atoms with van der Waals surface area (Å²) in [6, 6.07) is 3.74. The molecule has 0 saturated heterocycles. The Morgan fingerprint density at radius 3 is 2.67 bits per heavy atom. The minimum absolute atomic E-state index is 0.0405. The van der Waals surface area contributed by atoms with Crippen molar-refractivity contribution < 1.29 is 9.32 Å². The number of rotatable bonds is 4. The van der Waals surface area contributed by atoms with E-state index >= 15 is 0 Å². The predicted octanol–water partition coefficient (Wildman–Crippen LogP) is 1.55. The second-order valence-electron chi connectivity index (χ2n) is 4.11. The summed E-state index contributed by atoms with van der Waals surface area (Å²) in [5.74, 6) is 0.660. The normalized spacial score (nSPS) is 10.3. The van der Waals surface area contributed by atoms with E-state index in [0.29, 0.717) is 18.7 Å². The molecule has 0 aliphatic heterocycles. The minimum atomic E-state index is -0.0405. The van der Waals surface area contributed by atoms with Crippen molar-refractivity contribution in [1.82, 2.24) is 15.5 Å². The van der Waals surface area contributed by atoms with Gasteiger partial charge in [-0.1, -0.05) is 5.16 Å². The predicted molar refractivity (Wildman–Crippen MR) is 65.8 cm³/mol. The van der Waals surface area contributed by atoms with Crippen molar-refractivity contribution in [2.24, 2.45) is 0 Å². The van der Waals surface area contributed by atoms with Crippen molar-refractivity contribution >= 4 is 5.91 Å². The van der Waals surface area contributed by atoms with Gasteiger partial charge in [0.25, 0.3) is 0 Å². The average molecular weight is 245 g/mol. The van der Waals surface area contributed by atoms with Gasteiger partial charge in [0.15, 0.2) is 0 Å². The third kappa shape index (κ3) is 2.94. The molecule has 2 rings (SSSR count). The summed E-state index contributed by atoms with van der Waals surface area (Å²) >= 11 is 0. The molecule has 0 spiro atoms. The molecule has 5 heteroatoms. The Balaban J connectivity index is 1.90. The van der Waals surface area contributed by atoms with Crippen molar-refractivity contribution in [2.45, 2.75) is 26.8 Å². The van der Waals surface area contributed by atoms with Gasteiger partial charge in [-0.15, -0.1) is 0 Å². The molecule has 0 aromatic carbocycles. The maximum atomic E-state index is 11.8. The lowest BCUT2D eigenvalue weighted by atomic mass is 10.1. The van der Waals surface area contributed by atoms with Gasteiger partial charge in [0, 0.05) is 24.5 Å². The highest BCUT2D eigenvalue weighted by molar-refractivity contribution is 5.78. The number of amides is 1. The molecule has 0 saturated carbocycles. The van der Waals surface area contributed by atoms with Crippen molar-refractivity contribution in [3.63, 3.8) is 0 Å². The molecule has 1 amide bonds. The van der Waals surface area contributed by atoms with E-state index in [9.17, 15) is 4.79 Å². The van der Waals surface area contributed by atoms with Gasteiger partial charge in [0.2, 0.25) is 5.91 Å². The van der Waals surface area contributed by atoms with Gasteiger partial charge >= 0.3 is 0 Å². The standard InChI is InChI=1S/C13H15N3O2/c1-9-12(10(2)18-16-9)7-13(17)15-8-11-3-5-14-6-4-11/h3-6H,7-8H2,1-2H3,(H,15,17). The summed E-state index contributed by atoms with van der Waals surface area (Å²) in [5, 5.41) is 6.68. The number of nitrogens with one attached hydrogen (secondary N) is 1. The molecule has 0 radical (unpaired) electrons. The van der Waals surface area contributed by atoms with Crippen molar-refractivity contribution in [1.29, 1.82) is 0 Å². The van der Waals surface area contributed by atoms with Crippen LogP contribution in [0.15, 0.2) is 29.0 Å². The molecular formula is C13H15N3O2. The second-order valence-corrected chi connectivity index (χ2v) is 4.11. The first-order valence-corrected chi connectivity index (χ1v) is 5.74. The first-order chi connectivity index (χ1) is 8.66. The zero-order chi connectivity index (χ0) is 13.0. The smallest absolute Gasteiger partial charge is 0.224 e. The summed E-state index contributed by atoms with van der Waals surface area (Å²) in [4.78, 5) is 15.7. The number of aryl methyl sites for hydroxylation is 2. The van der Waals surface area contributed by atoms with Gasteiger partial charge in [0.1, 0.15) is 5.76 Å². The molecule has 2 aromatic heterocycles. The summed E-state index contributed by atoms with van der Waals surface area (Å²) in [5.41, 5.74) is 2.66. The maximum Gasteiger partial charge on any atom is 0.224 e. The fraction of sp³-hybridized carbons (Fsp3) is 0.308. The molecule has 0 bridgehead atoms. The number of nitrogens with zero attached hydrogens (tertiary/aromatic N) is 2. The average Bonchev–Trinajstić information content (AvgIpc) is 2.69. The fourth-order valence-corrected chi connectivity index (χ4v) is 1.68. The van der Waals surface area contributed by atoms with E-state index in [1.807, 2.05) is 26.0 Å². The monoisotopic (exact) mass is 245 g/mol. The van der Waals surface area contributed by atoms with Crippen LogP contribution < -0.4 is 5.32 Å². The van der Waals surface area contributed by atoms with E-state index in [0.717, 1.165) is 16.8 Å². The Morgan fingerprint density at radius 1 is 1.33 bits per heavy atom. The maximum absolute atomic E-state index is 11.8. The molecule has 2 heterocycles. The fourth-order valence-electron chi connectivity index (χ4n) is 1.68. The zero-order valence-corrected chi connectivity index (χ0v) is 10.4. The van der Waals surface area contributed by atoms with E-state index in [1.165, 1.54) is 0 Å². The van der Waals surface area contributed by atoms with E-state index in [4.69, 9.17) is 4.52 Å². The van der Waals surface area contributed by atoms with Crippen LogP contribution in [-0.2, 0) is 17.8 Å². The number of hydrogen-bond acceptors (Lipinski definition) is 4. The Bertz CT molecular complexity index is 515. The van der Waals surface area contributed by atoms with E-state index in [2.05, 4.69) is 15.5 Å². The first-order valence-electron chi connectivity index (χ1n) is 5.74. The zero-order valence-electron chi connectivity index (χ0n) is 10.4. The Hall–Kier alpha value is -2.17. The lowest BCUT2D eigenvalue weighted by molar-refractivity contribution is -0.120. The minimum Gasteiger partial charge on any atom is -0.361 e. The van der Waals surface area contributed by atoms with Crippen LogP contribution in [0.2, 0.25) is 0 Å². The lowest BCUT2D eigenvalue weighted by Crippen LogP contribution is -2.24. The highest BCUT2D eigenvalue weighted by Gasteiger charge is 2.12. The van der Waals surface area contributed by atoms with Crippen LogP contribution in [0.5, 0.6) is 0 Å². The molecule has 94 valence electrons. The van der Waals surface area contributed by atoms with Crippen LogP contribution >= 0.6 is 0 Å². The second kappa shape index (κ2) is 5.44. The quantitative estimate of drug-likeness (QED) is 0.887. The molecule has 18 heavy (non-hydrogen) atoms. The Morgan fingerprint density at radius 2 is 2.06 bits per heavy atom. The van der Waals surface area contributed by atoms with Crippen LogP contribution in [0.3, 0.4) is 0 Å². The first kappa shape index (κ1) is 12.3. The number of aromatic nitrogens is 2. The number of hydrogen-bond donors (Lipinski definition) is 1. The molecule has 2 aromatic rings. The molecule has 0 atom stereocenters. The van der Waals surface area contributed by atoms with Gasteiger partial charge in [-0.3, -0.25) is 9.78 Å². The summed E-state index contributed by atoms with van der Waals surface area (Å²) in [6.45, 7) is 4.15. The topological polar surface area (TPSA) is 68.0 Å². The van der Waals surface area contributed by atoms with Crippen LogP contribution in [0, 0.1) is 13.8 Å². The summed E-state index contributed by atoms with van der Waals surface area (Å²) in [7, 11) is 0. The molecule has 0 unspecified atom stereocenters. The van der Waals surface area contributed by atoms with Crippen LogP contribution in [0.25, 0.3) is 0 Å². The van der Waals surface area contributed by atoms with Gasteiger partial charge < -0.3 is 9.84 Å². The SMILES string of the molecule is Cc1noc(C)c1CC(=O)NCc1ccncc1. The highest BCUT2D eigenvalue weighted by atomic mass is 16.5. The molecule has 1 N–H and O–H groups in total. The summed E-state index contributed by atoms with van der Waals surface area (Å²) < 4.78 is 5.02. The van der Waals surface area contributed by atoms with Crippen LogP contribution in [0.4, 0.5) is 0 Å². The van der Waals surface area contributed by atoms with Crippen LogP contribution in [0.1, 0.15) is 22.6 Å². The molecule has 0 aliphatic carbocycles. The molecule has 0 aliphatic rings. The third-order valence-corrected chi connectivity index (χ3v) is 2.76. The third-order valence-electron chi connectivity index (χ3n) is 2.76.